The van der Waals surface area contributed by atoms with E-state index in [1.54, 1.807) is 18.2 Å². The molecule has 0 aliphatic rings. The Kier molecular flexibility index (Phi) is 4.10. The second-order valence-electron chi connectivity index (χ2n) is 2.54. The van der Waals surface area contributed by atoms with E-state index in [0.29, 0.717) is 16.3 Å². The van der Waals surface area contributed by atoms with Gasteiger partial charge in [-0.15, -0.1) is 0 Å². The van der Waals surface area contributed by atoms with Crippen LogP contribution in [0.15, 0.2) is 18.2 Å². The van der Waals surface area contributed by atoms with E-state index in [9.17, 15) is 4.39 Å². The van der Waals surface area contributed by atoms with Crippen molar-refractivity contribution in [2.75, 3.05) is 13.3 Å². The van der Waals surface area contributed by atoms with Gasteiger partial charge in [-0.3, -0.25) is 0 Å². The number of benzene rings is 1. The van der Waals surface area contributed by atoms with E-state index in [1.807, 2.05) is 0 Å². The minimum Gasteiger partial charge on any atom is -0.491 e. The number of nitrogens with two attached hydrogens (primary N) is 1. The number of halogens is 2. The van der Waals surface area contributed by atoms with E-state index >= 15 is 0 Å². The number of rotatable bonds is 4. The van der Waals surface area contributed by atoms with Gasteiger partial charge in [0.15, 0.2) is 0 Å². The van der Waals surface area contributed by atoms with E-state index in [4.69, 9.17) is 34.3 Å². The van der Waals surface area contributed by atoms with Crippen LogP contribution < -0.4 is 10.5 Å². The lowest BCUT2D eigenvalue weighted by Crippen LogP contribution is -2.10. The molecule has 0 unspecified atom stereocenters. The van der Waals surface area contributed by atoms with Crippen LogP contribution in [0.5, 0.6) is 5.75 Å². The van der Waals surface area contributed by atoms with Crippen LogP contribution in [0.2, 0.25) is 5.02 Å². The number of thiocarbonyl (C=S) groups is 1. The third-order valence-electron chi connectivity index (χ3n) is 1.55. The first-order valence-corrected chi connectivity index (χ1v) is 4.72. The van der Waals surface area contributed by atoms with Crippen LogP contribution in [0.3, 0.4) is 0 Å². The molecule has 0 spiro atoms. The Balaban J connectivity index is 2.83. The summed E-state index contributed by atoms with van der Waals surface area (Å²) < 4.78 is 16.8. The number of hydrogen-bond acceptors (Lipinski definition) is 2. The summed E-state index contributed by atoms with van der Waals surface area (Å²) in [7, 11) is 0. The van der Waals surface area contributed by atoms with Gasteiger partial charge in [0.05, 0.1) is 5.02 Å². The van der Waals surface area contributed by atoms with E-state index in [2.05, 4.69) is 0 Å². The van der Waals surface area contributed by atoms with Gasteiger partial charge in [0, 0.05) is 5.56 Å². The van der Waals surface area contributed by atoms with Crippen molar-refractivity contribution in [3.05, 3.63) is 28.8 Å². The van der Waals surface area contributed by atoms with Gasteiger partial charge in [0.25, 0.3) is 0 Å². The average molecular weight is 234 g/mol. The molecule has 1 rings (SSSR count). The van der Waals surface area contributed by atoms with Crippen molar-refractivity contribution in [2.45, 2.75) is 0 Å². The third-order valence-corrected chi connectivity index (χ3v) is 2.08. The molecule has 5 heteroatoms. The molecule has 2 N–H and O–H groups in total. The predicted molar refractivity (Wildman–Crippen MR) is 58.8 cm³/mol. The summed E-state index contributed by atoms with van der Waals surface area (Å²) in [6, 6.07) is 4.86. The Morgan fingerprint density at radius 2 is 2.29 bits per heavy atom. The monoisotopic (exact) mass is 233 g/mol. The number of hydrogen-bond donors (Lipinski definition) is 1. The lowest BCUT2D eigenvalue weighted by atomic mass is 10.2. The molecular formula is C9H9ClFNOS. The molecular weight excluding hydrogens is 225 g/mol. The summed E-state index contributed by atoms with van der Waals surface area (Å²) in [6.45, 7) is -0.516. The summed E-state index contributed by atoms with van der Waals surface area (Å²) in [4.78, 5) is 0.229. The average Bonchev–Trinajstić information content (AvgIpc) is 2.14. The van der Waals surface area contributed by atoms with Crippen LogP contribution in [0.25, 0.3) is 0 Å². The third kappa shape index (κ3) is 2.82. The predicted octanol–water partition coefficient (Wildman–Crippen LogP) is 2.32. The van der Waals surface area contributed by atoms with Gasteiger partial charge < -0.3 is 10.5 Å². The molecule has 0 bridgehead atoms. The first-order valence-electron chi connectivity index (χ1n) is 3.93. The number of ether oxygens (including phenoxy) is 1. The van der Waals surface area contributed by atoms with Crippen LogP contribution in [-0.4, -0.2) is 18.3 Å². The molecule has 14 heavy (non-hydrogen) atoms. The quantitative estimate of drug-likeness (QED) is 0.811. The van der Waals surface area contributed by atoms with Gasteiger partial charge in [-0.05, 0) is 18.2 Å². The van der Waals surface area contributed by atoms with E-state index in [1.165, 1.54) is 0 Å². The van der Waals surface area contributed by atoms with E-state index in [0.717, 1.165) is 0 Å². The fourth-order valence-corrected chi connectivity index (χ4v) is 1.45. The second-order valence-corrected chi connectivity index (χ2v) is 3.39. The summed E-state index contributed by atoms with van der Waals surface area (Å²) >= 11 is 10.6. The van der Waals surface area contributed by atoms with Crippen LogP contribution >= 0.6 is 23.8 Å². The molecule has 0 heterocycles. The Morgan fingerprint density at radius 3 is 2.79 bits per heavy atom. The lowest BCUT2D eigenvalue weighted by Gasteiger charge is -2.06. The molecule has 76 valence electrons. The summed E-state index contributed by atoms with van der Waals surface area (Å²) in [5.41, 5.74) is 6.00. The van der Waals surface area contributed by atoms with Gasteiger partial charge in [0.2, 0.25) is 0 Å². The lowest BCUT2D eigenvalue weighted by molar-refractivity contribution is 0.273. The van der Waals surface area contributed by atoms with Crippen LogP contribution in [0, 0.1) is 0 Å². The van der Waals surface area contributed by atoms with Gasteiger partial charge in [-0.25, -0.2) is 4.39 Å². The van der Waals surface area contributed by atoms with Crippen LogP contribution in [0.1, 0.15) is 5.56 Å². The fraction of sp³-hybridized carbons (Fsp3) is 0.222. The normalized spacial score (nSPS) is 9.86. The van der Waals surface area contributed by atoms with Gasteiger partial charge in [-0.2, -0.15) is 0 Å². The largest absolute Gasteiger partial charge is 0.491 e. The molecule has 0 aliphatic carbocycles. The highest BCUT2D eigenvalue weighted by atomic mass is 35.5. The van der Waals surface area contributed by atoms with Crippen molar-refractivity contribution in [1.82, 2.24) is 0 Å². The minimum atomic E-state index is -0.533. The Hall–Kier alpha value is -0.870. The highest BCUT2D eigenvalue weighted by Crippen LogP contribution is 2.22. The standard InChI is InChI=1S/C9H9ClFNOS/c10-8-5-6(13-4-3-11)1-2-7(8)9(12)14/h1-2,5H,3-4H2,(H2,12,14). The molecule has 0 fully saturated rings. The van der Waals surface area contributed by atoms with Crippen molar-refractivity contribution in [3.63, 3.8) is 0 Å². The highest BCUT2D eigenvalue weighted by molar-refractivity contribution is 7.80. The Bertz CT molecular complexity index is 346. The molecule has 0 aliphatic heterocycles. The summed E-state index contributed by atoms with van der Waals surface area (Å²) in [6.07, 6.45) is 0. The Labute approximate surface area is 91.8 Å². The van der Waals surface area contributed by atoms with Gasteiger partial charge >= 0.3 is 0 Å². The van der Waals surface area contributed by atoms with Crippen molar-refractivity contribution < 1.29 is 9.13 Å². The first kappa shape index (κ1) is 11.2. The number of alkyl halides is 1. The Morgan fingerprint density at radius 1 is 1.57 bits per heavy atom. The molecule has 0 saturated heterocycles. The van der Waals surface area contributed by atoms with Gasteiger partial charge in [0.1, 0.15) is 24.0 Å². The maximum Gasteiger partial charge on any atom is 0.123 e. The summed E-state index contributed by atoms with van der Waals surface area (Å²) in [5.74, 6) is 0.507. The van der Waals surface area contributed by atoms with Crippen LogP contribution in [-0.2, 0) is 0 Å². The minimum absolute atomic E-state index is 0.0166. The molecule has 1 aromatic carbocycles. The molecule has 0 radical (unpaired) electrons. The van der Waals surface area contributed by atoms with Crippen molar-refractivity contribution >= 4 is 28.8 Å². The zero-order valence-corrected chi connectivity index (χ0v) is 8.87. The van der Waals surface area contributed by atoms with E-state index < -0.39 is 6.67 Å². The first-order chi connectivity index (χ1) is 6.65. The molecule has 0 saturated carbocycles. The second kappa shape index (κ2) is 5.12. The maximum atomic E-state index is 11.8. The van der Waals surface area contributed by atoms with Crippen molar-refractivity contribution in [3.8, 4) is 5.75 Å². The van der Waals surface area contributed by atoms with Crippen molar-refractivity contribution in [2.24, 2.45) is 5.73 Å². The van der Waals surface area contributed by atoms with Crippen LogP contribution in [0.4, 0.5) is 4.39 Å². The van der Waals surface area contributed by atoms with Crippen molar-refractivity contribution in [1.29, 1.82) is 0 Å². The summed E-state index contributed by atoms with van der Waals surface area (Å²) in [5, 5.41) is 0.411. The zero-order valence-electron chi connectivity index (χ0n) is 7.30. The fourth-order valence-electron chi connectivity index (χ4n) is 0.942. The smallest absolute Gasteiger partial charge is 0.123 e. The molecule has 1 aromatic rings. The van der Waals surface area contributed by atoms with Gasteiger partial charge in [-0.1, -0.05) is 23.8 Å². The molecule has 2 nitrogen and oxygen atoms in total. The molecule has 0 amide bonds. The SMILES string of the molecule is NC(=S)c1ccc(OCCF)cc1Cl. The molecule has 0 aromatic heterocycles. The van der Waals surface area contributed by atoms with E-state index in [-0.39, 0.29) is 11.6 Å². The topological polar surface area (TPSA) is 35.2 Å². The molecule has 0 atom stereocenters. The zero-order chi connectivity index (χ0) is 10.6. The maximum absolute atomic E-state index is 11.8. The highest BCUT2D eigenvalue weighted by Gasteiger charge is 2.04.